The first-order chi connectivity index (χ1) is 12.1. The van der Waals surface area contributed by atoms with E-state index in [4.69, 9.17) is 10.7 Å². The van der Waals surface area contributed by atoms with Gasteiger partial charge in [0.1, 0.15) is 0 Å². The summed E-state index contributed by atoms with van der Waals surface area (Å²) in [6, 6.07) is 8.77. The third kappa shape index (κ3) is 5.57. The first kappa shape index (κ1) is 24.2. The van der Waals surface area contributed by atoms with Crippen molar-refractivity contribution in [3.63, 3.8) is 0 Å². The van der Waals surface area contributed by atoms with Gasteiger partial charge in [-0.25, -0.2) is 4.98 Å². The molecule has 0 saturated heterocycles. The van der Waals surface area contributed by atoms with E-state index < -0.39 is 0 Å². The molecule has 152 valence electrons. The van der Waals surface area contributed by atoms with E-state index in [1.54, 1.807) is 11.3 Å². The molecule has 2 aromatic rings. The smallest absolute Gasteiger partial charge is 0.226 e. The molecular formula is C20H31Cl2N3OS. The number of thiazole rings is 1. The number of nitrogens with two attached hydrogens (primary N) is 1. The number of hydrogen-bond donors (Lipinski definition) is 2. The van der Waals surface area contributed by atoms with E-state index in [2.05, 4.69) is 25.2 Å². The lowest BCUT2D eigenvalue weighted by Gasteiger charge is -2.34. The lowest BCUT2D eigenvalue weighted by Crippen LogP contribution is -2.48. The Morgan fingerprint density at radius 3 is 2.41 bits per heavy atom. The van der Waals surface area contributed by atoms with Crippen molar-refractivity contribution in [2.45, 2.75) is 70.9 Å². The van der Waals surface area contributed by atoms with Crippen LogP contribution in [0.3, 0.4) is 0 Å². The summed E-state index contributed by atoms with van der Waals surface area (Å²) < 4.78 is 1.19. The average Bonchev–Trinajstić information content (AvgIpc) is 3.04. The van der Waals surface area contributed by atoms with Gasteiger partial charge >= 0.3 is 0 Å². The van der Waals surface area contributed by atoms with Gasteiger partial charge in [-0.2, -0.15) is 0 Å². The van der Waals surface area contributed by atoms with Gasteiger partial charge in [0.05, 0.1) is 20.6 Å². The van der Waals surface area contributed by atoms with Gasteiger partial charge in [-0.05, 0) is 50.7 Å². The molecule has 0 atom stereocenters. The maximum absolute atomic E-state index is 13.1. The van der Waals surface area contributed by atoms with Crippen LogP contribution in [-0.2, 0) is 11.2 Å². The quantitative estimate of drug-likeness (QED) is 0.684. The Morgan fingerprint density at radius 1 is 1.19 bits per heavy atom. The van der Waals surface area contributed by atoms with Crippen molar-refractivity contribution in [3.05, 3.63) is 29.3 Å². The number of fused-ring (bicyclic) bond motifs is 1. The summed E-state index contributed by atoms with van der Waals surface area (Å²) in [6.45, 7) is 4.24. The molecule has 1 amide bonds. The van der Waals surface area contributed by atoms with Gasteiger partial charge in [0, 0.05) is 18.5 Å². The Hall–Kier alpha value is -0.880. The Balaban J connectivity index is 0.00000182. The highest BCUT2D eigenvalue weighted by atomic mass is 35.5. The van der Waals surface area contributed by atoms with Gasteiger partial charge in [-0.15, -0.1) is 36.2 Å². The van der Waals surface area contributed by atoms with Crippen LogP contribution in [0.1, 0.15) is 57.4 Å². The SMILES string of the molecule is CCC(CC)(Cc1nc2ccccc2s1)C(=O)NC1CCC(N)CC1.Cl.Cl. The van der Waals surface area contributed by atoms with E-state index in [1.165, 1.54) is 4.70 Å². The van der Waals surface area contributed by atoms with E-state index in [-0.39, 0.29) is 42.2 Å². The van der Waals surface area contributed by atoms with E-state index in [9.17, 15) is 4.79 Å². The fourth-order valence-corrected chi connectivity index (χ4v) is 4.90. The van der Waals surface area contributed by atoms with Crippen LogP contribution in [0.25, 0.3) is 10.2 Å². The summed E-state index contributed by atoms with van der Waals surface area (Å²) >= 11 is 1.71. The van der Waals surface area contributed by atoms with Gasteiger partial charge in [0.2, 0.25) is 5.91 Å². The Morgan fingerprint density at radius 2 is 1.81 bits per heavy atom. The van der Waals surface area contributed by atoms with E-state index in [1.807, 2.05) is 18.2 Å². The van der Waals surface area contributed by atoms with Crippen LogP contribution in [0.5, 0.6) is 0 Å². The number of aromatic nitrogens is 1. The molecule has 4 nitrogen and oxygen atoms in total. The molecule has 1 aromatic carbocycles. The van der Waals surface area contributed by atoms with E-state index >= 15 is 0 Å². The molecule has 0 aliphatic heterocycles. The highest BCUT2D eigenvalue weighted by Gasteiger charge is 2.37. The number of rotatable bonds is 6. The third-order valence-corrected chi connectivity index (χ3v) is 6.81. The van der Waals surface area contributed by atoms with Crippen LogP contribution in [0.2, 0.25) is 0 Å². The fraction of sp³-hybridized carbons (Fsp3) is 0.600. The molecule has 0 unspecified atom stereocenters. The van der Waals surface area contributed by atoms with Crippen LogP contribution in [0.15, 0.2) is 24.3 Å². The molecule has 0 spiro atoms. The van der Waals surface area contributed by atoms with Gasteiger partial charge in [-0.1, -0.05) is 26.0 Å². The normalized spacial score (nSPS) is 19.8. The fourth-order valence-electron chi connectivity index (χ4n) is 3.79. The molecule has 0 bridgehead atoms. The molecule has 1 heterocycles. The highest BCUT2D eigenvalue weighted by Crippen LogP contribution is 2.35. The van der Waals surface area contributed by atoms with Crippen molar-refractivity contribution in [1.82, 2.24) is 10.3 Å². The minimum Gasteiger partial charge on any atom is -0.353 e. The molecule has 27 heavy (non-hydrogen) atoms. The maximum atomic E-state index is 13.1. The zero-order valence-corrected chi connectivity index (χ0v) is 18.5. The van der Waals surface area contributed by atoms with Crippen LogP contribution in [0.4, 0.5) is 0 Å². The predicted molar refractivity (Wildman–Crippen MR) is 119 cm³/mol. The minimum atomic E-state index is -0.368. The first-order valence-corrected chi connectivity index (χ1v) is 10.3. The first-order valence-electron chi connectivity index (χ1n) is 9.47. The van der Waals surface area contributed by atoms with Crippen molar-refractivity contribution in [2.24, 2.45) is 11.1 Å². The number of para-hydroxylation sites is 1. The molecule has 1 aliphatic rings. The monoisotopic (exact) mass is 431 g/mol. The third-order valence-electron chi connectivity index (χ3n) is 5.77. The number of hydrogen-bond acceptors (Lipinski definition) is 4. The second-order valence-electron chi connectivity index (χ2n) is 7.32. The maximum Gasteiger partial charge on any atom is 0.226 e. The molecule has 3 rings (SSSR count). The topological polar surface area (TPSA) is 68.0 Å². The molecule has 1 aromatic heterocycles. The van der Waals surface area contributed by atoms with Gasteiger partial charge in [-0.3, -0.25) is 4.79 Å². The summed E-state index contributed by atoms with van der Waals surface area (Å²) in [5.74, 6) is 0.192. The standard InChI is InChI=1S/C20H29N3OS.2ClH/c1-3-20(4-2,19(24)22-15-11-9-14(21)10-12-15)13-18-23-16-7-5-6-8-17(16)25-18;;/h5-8,14-15H,3-4,9-13,21H2,1-2H3,(H,22,24);2*1H. The molecule has 1 saturated carbocycles. The van der Waals surface area contributed by atoms with Crippen LogP contribution in [0, 0.1) is 5.41 Å². The van der Waals surface area contributed by atoms with E-state index in [0.717, 1.165) is 55.5 Å². The molecule has 7 heteroatoms. The highest BCUT2D eigenvalue weighted by molar-refractivity contribution is 7.18. The Bertz CT molecular complexity index is 692. The molecular weight excluding hydrogens is 401 g/mol. The van der Waals surface area contributed by atoms with Gasteiger partial charge < -0.3 is 11.1 Å². The Kier molecular flexibility index (Phi) is 9.49. The van der Waals surface area contributed by atoms with Crippen LogP contribution in [-0.4, -0.2) is 23.0 Å². The average molecular weight is 432 g/mol. The zero-order valence-electron chi connectivity index (χ0n) is 16.1. The lowest BCUT2D eigenvalue weighted by molar-refractivity contribution is -0.132. The van der Waals surface area contributed by atoms with Crippen molar-refractivity contribution < 1.29 is 4.79 Å². The van der Waals surface area contributed by atoms with Gasteiger partial charge in [0.15, 0.2) is 0 Å². The second-order valence-corrected chi connectivity index (χ2v) is 8.44. The number of amides is 1. The summed E-state index contributed by atoms with van der Waals surface area (Å²) in [4.78, 5) is 17.9. The summed E-state index contributed by atoms with van der Waals surface area (Å²) in [7, 11) is 0. The largest absolute Gasteiger partial charge is 0.353 e. The van der Waals surface area contributed by atoms with Gasteiger partial charge in [0.25, 0.3) is 0 Å². The lowest BCUT2D eigenvalue weighted by atomic mass is 9.78. The minimum absolute atomic E-state index is 0. The van der Waals surface area contributed by atoms with Crippen molar-refractivity contribution in [1.29, 1.82) is 0 Å². The number of carbonyl (C=O) groups is 1. The number of nitrogens with zero attached hydrogens (tertiary/aromatic N) is 1. The van der Waals surface area contributed by atoms with Crippen molar-refractivity contribution in [3.8, 4) is 0 Å². The molecule has 3 N–H and O–H groups in total. The van der Waals surface area contributed by atoms with Crippen LogP contribution >= 0.6 is 36.2 Å². The summed E-state index contributed by atoms with van der Waals surface area (Å²) in [5.41, 5.74) is 6.65. The van der Waals surface area contributed by atoms with Crippen molar-refractivity contribution >= 4 is 52.3 Å². The number of nitrogens with one attached hydrogen (secondary N) is 1. The van der Waals surface area contributed by atoms with Crippen LogP contribution < -0.4 is 11.1 Å². The molecule has 1 fully saturated rings. The number of carbonyl (C=O) groups excluding carboxylic acids is 1. The van der Waals surface area contributed by atoms with Crippen molar-refractivity contribution in [2.75, 3.05) is 0 Å². The predicted octanol–water partition coefficient (Wildman–Crippen LogP) is 4.87. The molecule has 0 radical (unpaired) electrons. The number of halogens is 2. The number of benzene rings is 1. The summed E-state index contributed by atoms with van der Waals surface area (Å²) in [5, 5.41) is 4.38. The zero-order chi connectivity index (χ0) is 17.9. The van der Waals surface area contributed by atoms with E-state index in [0.29, 0.717) is 6.04 Å². The molecule has 1 aliphatic carbocycles. The Labute approximate surface area is 178 Å². The summed E-state index contributed by atoms with van der Waals surface area (Å²) in [6.07, 6.45) is 6.39. The second kappa shape index (κ2) is 10.6.